The van der Waals surface area contributed by atoms with Gasteiger partial charge >= 0.3 is 0 Å². The summed E-state index contributed by atoms with van der Waals surface area (Å²) >= 11 is 3.40. The Kier molecular flexibility index (Phi) is 3.38. The summed E-state index contributed by atoms with van der Waals surface area (Å²) in [5.74, 6) is 0. The molecule has 0 spiro atoms. The zero-order valence-corrected chi connectivity index (χ0v) is 9.90. The van der Waals surface area contributed by atoms with Crippen LogP contribution in [-0.2, 0) is 4.79 Å². The minimum atomic E-state index is 0.171. The van der Waals surface area contributed by atoms with Crippen molar-refractivity contribution in [3.05, 3.63) is 34.3 Å². The van der Waals surface area contributed by atoms with Gasteiger partial charge in [-0.2, -0.15) is 0 Å². The lowest BCUT2D eigenvalue weighted by atomic mass is 10.0. The number of halogens is 1. The van der Waals surface area contributed by atoms with E-state index in [4.69, 9.17) is 0 Å². The number of carbonyl (C=O) groups is 1. The van der Waals surface area contributed by atoms with Crippen LogP contribution < -0.4 is 5.32 Å². The molecule has 1 aromatic carbocycles. The Morgan fingerprint density at radius 3 is 2.80 bits per heavy atom. The normalized spacial score (nSPS) is 21.4. The summed E-state index contributed by atoms with van der Waals surface area (Å²) in [7, 11) is 0. The molecule has 80 valence electrons. The van der Waals surface area contributed by atoms with Crippen LogP contribution in [0.1, 0.15) is 11.6 Å². The molecule has 0 radical (unpaired) electrons. The maximum Gasteiger partial charge on any atom is 0.210 e. The molecule has 1 atom stereocenters. The topological polar surface area (TPSA) is 32.3 Å². The minimum absolute atomic E-state index is 0.171. The predicted molar refractivity (Wildman–Crippen MR) is 62.5 cm³/mol. The summed E-state index contributed by atoms with van der Waals surface area (Å²) in [5.41, 5.74) is 1.18. The Balaban J connectivity index is 2.20. The summed E-state index contributed by atoms with van der Waals surface area (Å²) in [6, 6.07) is 8.29. The van der Waals surface area contributed by atoms with Crippen molar-refractivity contribution in [1.82, 2.24) is 10.2 Å². The highest BCUT2D eigenvalue weighted by atomic mass is 79.9. The van der Waals surface area contributed by atoms with Crippen molar-refractivity contribution in [2.24, 2.45) is 0 Å². The van der Waals surface area contributed by atoms with Crippen LogP contribution in [0.4, 0.5) is 0 Å². The molecule has 0 unspecified atom stereocenters. The second-order valence-electron chi connectivity index (χ2n) is 3.61. The van der Waals surface area contributed by atoms with Gasteiger partial charge in [-0.25, -0.2) is 0 Å². The summed E-state index contributed by atoms with van der Waals surface area (Å²) in [5, 5.41) is 3.30. The van der Waals surface area contributed by atoms with Gasteiger partial charge in [-0.05, 0) is 17.7 Å². The zero-order chi connectivity index (χ0) is 10.7. The fourth-order valence-electron chi connectivity index (χ4n) is 1.84. The largest absolute Gasteiger partial charge is 0.336 e. The van der Waals surface area contributed by atoms with Gasteiger partial charge in [0.2, 0.25) is 6.41 Å². The molecule has 15 heavy (non-hydrogen) atoms. The number of amides is 1. The second-order valence-corrected chi connectivity index (χ2v) is 4.53. The first kappa shape index (κ1) is 10.6. The van der Waals surface area contributed by atoms with Crippen LogP contribution in [0.5, 0.6) is 0 Å². The Bertz CT molecular complexity index is 339. The third-order valence-corrected chi connectivity index (χ3v) is 3.20. The van der Waals surface area contributed by atoms with Gasteiger partial charge in [-0.15, -0.1) is 0 Å². The van der Waals surface area contributed by atoms with E-state index in [9.17, 15) is 4.79 Å². The molecule has 1 heterocycles. The van der Waals surface area contributed by atoms with Crippen LogP contribution in [0.2, 0.25) is 0 Å². The van der Waals surface area contributed by atoms with Crippen molar-refractivity contribution in [3.8, 4) is 0 Å². The molecule has 2 rings (SSSR count). The van der Waals surface area contributed by atoms with Crippen LogP contribution in [-0.4, -0.2) is 30.9 Å². The molecule has 0 bridgehead atoms. The number of piperazine rings is 1. The Labute approximate surface area is 97.6 Å². The zero-order valence-electron chi connectivity index (χ0n) is 8.32. The van der Waals surface area contributed by atoms with Gasteiger partial charge in [0.1, 0.15) is 0 Å². The molecular weight excluding hydrogens is 256 g/mol. The van der Waals surface area contributed by atoms with Gasteiger partial charge in [0.25, 0.3) is 0 Å². The lowest BCUT2D eigenvalue weighted by Crippen LogP contribution is -2.45. The average Bonchev–Trinajstić information content (AvgIpc) is 2.30. The Morgan fingerprint density at radius 1 is 1.40 bits per heavy atom. The summed E-state index contributed by atoms with van der Waals surface area (Å²) in [6.07, 6.45) is 0.938. The number of nitrogens with zero attached hydrogens (tertiary/aromatic N) is 1. The summed E-state index contributed by atoms with van der Waals surface area (Å²) < 4.78 is 1.06. The van der Waals surface area contributed by atoms with Crippen molar-refractivity contribution in [2.45, 2.75) is 6.04 Å². The monoisotopic (exact) mass is 268 g/mol. The van der Waals surface area contributed by atoms with Crippen molar-refractivity contribution < 1.29 is 4.79 Å². The Morgan fingerprint density at radius 2 is 2.13 bits per heavy atom. The van der Waals surface area contributed by atoms with Gasteiger partial charge in [-0.1, -0.05) is 28.1 Å². The molecule has 1 N–H and O–H groups in total. The first-order chi connectivity index (χ1) is 7.31. The third kappa shape index (κ3) is 2.38. The molecule has 4 heteroatoms. The summed E-state index contributed by atoms with van der Waals surface area (Å²) in [6.45, 7) is 2.50. The standard InChI is InChI=1S/C11H13BrN2O/c12-10-3-1-9(2-4-10)11-7-13-5-6-14(11)8-15/h1-4,8,11,13H,5-7H2/t11-/m1/s1. The molecular formula is C11H13BrN2O. The highest BCUT2D eigenvalue weighted by molar-refractivity contribution is 9.10. The molecule has 0 aliphatic carbocycles. The lowest BCUT2D eigenvalue weighted by molar-refractivity contribution is -0.121. The number of carbonyl (C=O) groups excluding carboxylic acids is 1. The molecule has 0 aromatic heterocycles. The van der Waals surface area contributed by atoms with E-state index < -0.39 is 0 Å². The van der Waals surface area contributed by atoms with Crippen molar-refractivity contribution in [1.29, 1.82) is 0 Å². The SMILES string of the molecule is O=CN1CCNC[C@@H]1c1ccc(Br)cc1. The molecule has 1 aliphatic heterocycles. The van der Waals surface area contributed by atoms with Crippen LogP contribution >= 0.6 is 15.9 Å². The third-order valence-electron chi connectivity index (χ3n) is 2.67. The van der Waals surface area contributed by atoms with Gasteiger partial charge in [0.05, 0.1) is 6.04 Å². The van der Waals surface area contributed by atoms with E-state index in [0.29, 0.717) is 0 Å². The molecule has 0 saturated carbocycles. The van der Waals surface area contributed by atoms with Gasteiger partial charge < -0.3 is 10.2 Å². The van der Waals surface area contributed by atoms with Crippen molar-refractivity contribution >= 4 is 22.3 Å². The van der Waals surface area contributed by atoms with E-state index in [2.05, 4.69) is 33.4 Å². The van der Waals surface area contributed by atoms with E-state index in [1.165, 1.54) is 5.56 Å². The van der Waals surface area contributed by atoms with Crippen LogP contribution in [0.3, 0.4) is 0 Å². The molecule has 3 nitrogen and oxygen atoms in total. The van der Waals surface area contributed by atoms with Crippen molar-refractivity contribution in [2.75, 3.05) is 19.6 Å². The number of nitrogens with one attached hydrogen (secondary N) is 1. The van der Waals surface area contributed by atoms with Gasteiger partial charge in [0, 0.05) is 24.1 Å². The average molecular weight is 269 g/mol. The van der Waals surface area contributed by atoms with Gasteiger partial charge in [-0.3, -0.25) is 4.79 Å². The quantitative estimate of drug-likeness (QED) is 0.826. The molecule has 1 saturated heterocycles. The highest BCUT2D eigenvalue weighted by Gasteiger charge is 2.21. The minimum Gasteiger partial charge on any atom is -0.336 e. The molecule has 1 aliphatic rings. The molecule has 1 fully saturated rings. The number of hydrogen-bond donors (Lipinski definition) is 1. The summed E-state index contributed by atoms with van der Waals surface area (Å²) in [4.78, 5) is 12.7. The van der Waals surface area contributed by atoms with E-state index in [1.54, 1.807) is 0 Å². The van der Waals surface area contributed by atoms with E-state index in [0.717, 1.165) is 30.5 Å². The maximum absolute atomic E-state index is 10.9. The fourth-order valence-corrected chi connectivity index (χ4v) is 2.10. The van der Waals surface area contributed by atoms with E-state index in [-0.39, 0.29) is 6.04 Å². The number of hydrogen-bond acceptors (Lipinski definition) is 2. The predicted octanol–water partition coefficient (Wildman–Crippen LogP) is 1.55. The number of rotatable bonds is 2. The van der Waals surface area contributed by atoms with Crippen LogP contribution in [0.25, 0.3) is 0 Å². The fraction of sp³-hybridized carbons (Fsp3) is 0.364. The lowest BCUT2D eigenvalue weighted by Gasteiger charge is -2.33. The van der Waals surface area contributed by atoms with Gasteiger partial charge in [0.15, 0.2) is 0 Å². The molecule has 1 aromatic rings. The van der Waals surface area contributed by atoms with Crippen LogP contribution in [0.15, 0.2) is 28.7 Å². The molecule has 1 amide bonds. The van der Waals surface area contributed by atoms with E-state index >= 15 is 0 Å². The van der Waals surface area contributed by atoms with E-state index in [1.807, 2.05) is 17.0 Å². The highest BCUT2D eigenvalue weighted by Crippen LogP contribution is 2.22. The van der Waals surface area contributed by atoms with Crippen LogP contribution in [0, 0.1) is 0 Å². The maximum atomic E-state index is 10.9. The number of benzene rings is 1. The second kappa shape index (κ2) is 4.77. The smallest absolute Gasteiger partial charge is 0.210 e. The first-order valence-corrected chi connectivity index (χ1v) is 5.78. The Hall–Kier alpha value is -0.870. The van der Waals surface area contributed by atoms with Crippen molar-refractivity contribution in [3.63, 3.8) is 0 Å². The first-order valence-electron chi connectivity index (χ1n) is 4.98.